The summed E-state index contributed by atoms with van der Waals surface area (Å²) in [5.74, 6) is 0.775. The highest BCUT2D eigenvalue weighted by Gasteiger charge is 2.66. The van der Waals surface area contributed by atoms with Crippen molar-refractivity contribution in [1.29, 1.82) is 0 Å². The average Bonchev–Trinajstić information content (AvgIpc) is 2.91. The molecule has 0 spiro atoms. The van der Waals surface area contributed by atoms with Crippen molar-refractivity contribution in [2.75, 3.05) is 7.11 Å². The predicted octanol–water partition coefficient (Wildman–Crippen LogP) is 2.36. The van der Waals surface area contributed by atoms with Crippen LogP contribution in [0.25, 0.3) is 0 Å². The Morgan fingerprint density at radius 2 is 2.00 bits per heavy atom. The van der Waals surface area contributed by atoms with E-state index in [2.05, 4.69) is 0 Å². The molecule has 6 atom stereocenters. The van der Waals surface area contributed by atoms with E-state index >= 15 is 0 Å². The van der Waals surface area contributed by atoms with Gasteiger partial charge in [0, 0.05) is 13.0 Å². The second-order valence-electron chi connectivity index (χ2n) is 7.42. The van der Waals surface area contributed by atoms with Crippen LogP contribution < -0.4 is 0 Å². The fourth-order valence-electron chi connectivity index (χ4n) is 4.03. The summed E-state index contributed by atoms with van der Waals surface area (Å²) in [6.45, 7) is 7.68. The molecule has 3 aliphatic rings. The molecule has 0 aromatic heterocycles. The summed E-state index contributed by atoms with van der Waals surface area (Å²) in [7, 11) is 1.70. The minimum Gasteiger partial charge on any atom is -0.459 e. The highest BCUT2D eigenvalue weighted by Crippen LogP contribution is 2.61. The number of carbonyl (C=O) groups is 1. The van der Waals surface area contributed by atoms with Gasteiger partial charge >= 0.3 is 5.97 Å². The summed E-state index contributed by atoms with van der Waals surface area (Å²) in [6, 6.07) is 0. The number of hydrogen-bond donors (Lipinski definition) is 0. The lowest BCUT2D eigenvalue weighted by atomic mass is 9.83. The second kappa shape index (κ2) is 3.95. The normalized spacial score (nSPS) is 47.7. The molecule has 2 saturated carbocycles. The van der Waals surface area contributed by atoms with Crippen molar-refractivity contribution in [3.63, 3.8) is 0 Å². The van der Waals surface area contributed by atoms with Gasteiger partial charge in [0.25, 0.3) is 0 Å². The molecule has 2 bridgehead atoms. The van der Waals surface area contributed by atoms with Gasteiger partial charge in [-0.25, -0.2) is 0 Å². The molecule has 0 amide bonds. The van der Waals surface area contributed by atoms with Crippen LogP contribution in [0.1, 0.15) is 40.5 Å². The summed E-state index contributed by atoms with van der Waals surface area (Å²) >= 11 is 0. The van der Waals surface area contributed by atoms with Gasteiger partial charge in [0.05, 0.1) is 5.41 Å². The van der Waals surface area contributed by atoms with Crippen LogP contribution in [0.15, 0.2) is 0 Å². The standard InChI is InChI=1S/C15H24O4/c1-14(2,3)13(16)18-11-8-6-9-10(7-8)15(4,17-5)19-12(9)11/h8-12H,6-7H2,1-5H3. The van der Waals surface area contributed by atoms with Crippen LogP contribution in [0.5, 0.6) is 0 Å². The number of rotatable bonds is 2. The van der Waals surface area contributed by atoms with Crippen molar-refractivity contribution in [3.8, 4) is 0 Å². The zero-order valence-electron chi connectivity index (χ0n) is 12.4. The van der Waals surface area contributed by atoms with Crippen molar-refractivity contribution in [3.05, 3.63) is 0 Å². The Bertz CT molecular complexity index is 399. The Kier molecular flexibility index (Phi) is 2.78. The Morgan fingerprint density at radius 1 is 1.32 bits per heavy atom. The lowest BCUT2D eigenvalue weighted by Crippen LogP contribution is -2.38. The van der Waals surface area contributed by atoms with Crippen LogP contribution >= 0.6 is 0 Å². The van der Waals surface area contributed by atoms with Gasteiger partial charge in [-0.2, -0.15) is 0 Å². The van der Waals surface area contributed by atoms with E-state index in [1.54, 1.807) is 7.11 Å². The molecule has 4 heteroatoms. The Labute approximate surface area is 114 Å². The van der Waals surface area contributed by atoms with Gasteiger partial charge in [0.15, 0.2) is 5.79 Å². The van der Waals surface area contributed by atoms with E-state index in [0.717, 1.165) is 12.8 Å². The van der Waals surface area contributed by atoms with Crippen LogP contribution in [0.3, 0.4) is 0 Å². The van der Waals surface area contributed by atoms with E-state index in [-0.39, 0.29) is 18.2 Å². The fraction of sp³-hybridized carbons (Fsp3) is 0.933. The van der Waals surface area contributed by atoms with E-state index in [4.69, 9.17) is 14.2 Å². The first kappa shape index (κ1) is 13.4. The molecule has 2 aliphatic carbocycles. The number of carbonyl (C=O) groups excluding carboxylic acids is 1. The number of esters is 1. The topological polar surface area (TPSA) is 44.8 Å². The van der Waals surface area contributed by atoms with E-state index in [0.29, 0.717) is 17.8 Å². The summed E-state index contributed by atoms with van der Waals surface area (Å²) in [5, 5.41) is 0. The molecule has 3 rings (SSSR count). The number of fused-ring (bicyclic) bond motifs is 1. The Balaban J connectivity index is 1.76. The van der Waals surface area contributed by atoms with E-state index in [1.165, 1.54) is 0 Å². The maximum atomic E-state index is 12.1. The quantitative estimate of drug-likeness (QED) is 0.721. The zero-order valence-corrected chi connectivity index (χ0v) is 12.4. The summed E-state index contributed by atoms with van der Waals surface area (Å²) in [5.41, 5.74) is -0.454. The highest BCUT2D eigenvalue weighted by atomic mass is 16.7. The molecular weight excluding hydrogens is 244 g/mol. The largest absolute Gasteiger partial charge is 0.459 e. The van der Waals surface area contributed by atoms with Crippen molar-refractivity contribution in [2.24, 2.45) is 23.2 Å². The maximum Gasteiger partial charge on any atom is 0.311 e. The predicted molar refractivity (Wildman–Crippen MR) is 69.3 cm³/mol. The van der Waals surface area contributed by atoms with Gasteiger partial charge in [-0.05, 0) is 52.4 Å². The first-order chi connectivity index (χ1) is 8.76. The number of ether oxygens (including phenoxy) is 3. The average molecular weight is 268 g/mol. The monoisotopic (exact) mass is 268 g/mol. The minimum absolute atomic E-state index is 0.0278. The molecule has 1 saturated heterocycles. The molecule has 4 nitrogen and oxygen atoms in total. The van der Waals surface area contributed by atoms with Crippen molar-refractivity contribution < 1.29 is 19.0 Å². The third-order valence-electron chi connectivity index (χ3n) is 5.16. The number of hydrogen-bond acceptors (Lipinski definition) is 4. The molecule has 108 valence electrons. The molecule has 0 aromatic carbocycles. The minimum atomic E-state index is -0.493. The zero-order chi connectivity index (χ0) is 14.0. The first-order valence-electron chi connectivity index (χ1n) is 7.20. The van der Waals surface area contributed by atoms with E-state index in [1.807, 2.05) is 27.7 Å². The first-order valence-corrected chi connectivity index (χ1v) is 7.20. The van der Waals surface area contributed by atoms with Crippen LogP contribution in [0, 0.1) is 23.2 Å². The SMILES string of the molecule is COC1(C)OC2C3CC(CC31)C2OC(=O)C(C)(C)C. The summed E-state index contributed by atoms with van der Waals surface area (Å²) in [6.07, 6.45) is 2.11. The summed E-state index contributed by atoms with van der Waals surface area (Å²) in [4.78, 5) is 12.1. The molecule has 1 aliphatic heterocycles. The van der Waals surface area contributed by atoms with Gasteiger partial charge in [0.2, 0.25) is 0 Å². The molecule has 0 N–H and O–H groups in total. The van der Waals surface area contributed by atoms with Gasteiger partial charge in [-0.3, -0.25) is 4.79 Å². The third-order valence-corrected chi connectivity index (χ3v) is 5.16. The van der Waals surface area contributed by atoms with Crippen LogP contribution in [0.2, 0.25) is 0 Å². The van der Waals surface area contributed by atoms with Crippen molar-refractivity contribution in [2.45, 2.75) is 58.5 Å². The molecule has 6 unspecified atom stereocenters. The van der Waals surface area contributed by atoms with Crippen molar-refractivity contribution >= 4 is 5.97 Å². The highest BCUT2D eigenvalue weighted by molar-refractivity contribution is 5.75. The Morgan fingerprint density at radius 3 is 2.58 bits per heavy atom. The number of methoxy groups -OCH3 is 1. The van der Waals surface area contributed by atoms with Gasteiger partial charge < -0.3 is 14.2 Å². The molecule has 3 fully saturated rings. The maximum absolute atomic E-state index is 12.1. The third kappa shape index (κ3) is 1.83. The van der Waals surface area contributed by atoms with E-state index < -0.39 is 11.2 Å². The molecule has 1 heterocycles. The molecule has 0 aromatic rings. The lowest BCUT2D eigenvalue weighted by Gasteiger charge is -2.29. The molecule has 19 heavy (non-hydrogen) atoms. The Hall–Kier alpha value is -0.610. The van der Waals surface area contributed by atoms with Crippen molar-refractivity contribution in [1.82, 2.24) is 0 Å². The molecule has 0 radical (unpaired) electrons. The van der Waals surface area contributed by atoms with E-state index in [9.17, 15) is 4.79 Å². The smallest absolute Gasteiger partial charge is 0.311 e. The van der Waals surface area contributed by atoms with Crippen LogP contribution in [0.4, 0.5) is 0 Å². The fourth-order valence-corrected chi connectivity index (χ4v) is 4.03. The van der Waals surface area contributed by atoms with Crippen LogP contribution in [-0.2, 0) is 19.0 Å². The van der Waals surface area contributed by atoms with Gasteiger partial charge in [-0.15, -0.1) is 0 Å². The lowest BCUT2D eigenvalue weighted by molar-refractivity contribution is -0.224. The summed E-state index contributed by atoms with van der Waals surface area (Å²) < 4.78 is 17.4. The second-order valence-corrected chi connectivity index (χ2v) is 7.42. The van der Waals surface area contributed by atoms with Gasteiger partial charge in [-0.1, -0.05) is 0 Å². The van der Waals surface area contributed by atoms with Crippen LogP contribution in [-0.4, -0.2) is 31.1 Å². The van der Waals surface area contributed by atoms with Gasteiger partial charge in [0.1, 0.15) is 12.2 Å². The molecular formula is C15H24O4.